The number of aromatic nitrogens is 1. The molecule has 0 aliphatic carbocycles. The third-order valence-corrected chi connectivity index (χ3v) is 4.97. The number of pyridine rings is 1. The van der Waals surface area contributed by atoms with E-state index in [4.69, 9.17) is 10.5 Å². The number of anilines is 1. The maximum absolute atomic E-state index is 12.3. The first-order valence-corrected chi connectivity index (χ1v) is 10.1. The maximum Gasteiger partial charge on any atom is 0.311 e. The average Bonchev–Trinajstić information content (AvgIpc) is 2.70. The quantitative estimate of drug-likeness (QED) is 0.151. The number of nitrogens with two attached hydrogens (primary N) is 1. The number of hydrogen-bond donors (Lipinski definition) is 1. The highest BCUT2D eigenvalue weighted by Crippen LogP contribution is 2.34. The van der Waals surface area contributed by atoms with Crippen LogP contribution in [0.2, 0.25) is 0 Å². The molecular weight excluding hydrogens is 348 g/mol. The summed E-state index contributed by atoms with van der Waals surface area (Å²) in [6.45, 7) is 3.74. The van der Waals surface area contributed by atoms with Crippen molar-refractivity contribution in [3.05, 3.63) is 55.1 Å². The van der Waals surface area contributed by atoms with Gasteiger partial charge in [0.15, 0.2) is 0 Å². The van der Waals surface area contributed by atoms with Gasteiger partial charge in [0, 0.05) is 11.8 Å². The summed E-state index contributed by atoms with van der Waals surface area (Å²) in [6, 6.07) is 13.2. The van der Waals surface area contributed by atoms with Crippen LogP contribution in [-0.2, 0) is 4.79 Å². The number of carbonyl (C=O) groups is 1. The van der Waals surface area contributed by atoms with E-state index in [9.17, 15) is 4.79 Å². The smallest absolute Gasteiger partial charge is 0.311 e. The van der Waals surface area contributed by atoms with E-state index in [0.29, 0.717) is 23.2 Å². The second-order valence-corrected chi connectivity index (χ2v) is 7.12. The van der Waals surface area contributed by atoms with Gasteiger partial charge in [-0.15, -0.1) is 6.58 Å². The summed E-state index contributed by atoms with van der Waals surface area (Å²) in [6.07, 6.45) is 10.2. The molecular formula is C24H28N2O2. The number of para-hydroxylation sites is 1. The predicted octanol–water partition coefficient (Wildman–Crippen LogP) is 6.18. The van der Waals surface area contributed by atoms with E-state index in [-0.39, 0.29) is 5.97 Å². The van der Waals surface area contributed by atoms with Crippen LogP contribution in [0.25, 0.3) is 21.8 Å². The van der Waals surface area contributed by atoms with E-state index >= 15 is 0 Å². The predicted molar refractivity (Wildman–Crippen MR) is 116 cm³/mol. The number of ether oxygens (including phenoxy) is 1. The lowest BCUT2D eigenvalue weighted by Gasteiger charge is -2.11. The molecule has 0 spiro atoms. The van der Waals surface area contributed by atoms with Gasteiger partial charge in [0.1, 0.15) is 5.75 Å². The highest BCUT2D eigenvalue weighted by atomic mass is 16.5. The third-order valence-electron chi connectivity index (χ3n) is 4.97. The van der Waals surface area contributed by atoms with E-state index in [1.54, 1.807) is 6.07 Å². The lowest BCUT2D eigenvalue weighted by Crippen LogP contribution is -2.08. The first-order chi connectivity index (χ1) is 13.7. The Labute approximate surface area is 166 Å². The Hall–Kier alpha value is -2.88. The van der Waals surface area contributed by atoms with Gasteiger partial charge in [-0.25, -0.2) is 4.98 Å². The van der Waals surface area contributed by atoms with Crippen molar-refractivity contribution < 1.29 is 9.53 Å². The minimum absolute atomic E-state index is 0.216. The van der Waals surface area contributed by atoms with Crippen molar-refractivity contribution in [1.82, 2.24) is 4.98 Å². The molecule has 146 valence electrons. The second-order valence-electron chi connectivity index (χ2n) is 7.12. The molecule has 4 heteroatoms. The standard InChI is InChI=1S/C24H28N2O2/c1-2-3-4-5-6-7-8-9-17-22(27)28-21-16-12-15-20-23(21)24(25)18-13-10-11-14-19(18)26-20/h2,10-16H,1,3-9,17H2,(H2,25,26). The molecule has 3 rings (SSSR count). The molecule has 0 saturated carbocycles. The number of fused-ring (bicyclic) bond motifs is 2. The fraction of sp³-hybridized carbons (Fsp3) is 0.333. The topological polar surface area (TPSA) is 65.2 Å². The van der Waals surface area contributed by atoms with Crippen LogP contribution in [0, 0.1) is 0 Å². The number of carbonyl (C=O) groups excluding carboxylic acids is 1. The van der Waals surface area contributed by atoms with Gasteiger partial charge in [0.05, 0.1) is 22.1 Å². The molecule has 1 aromatic heterocycles. The van der Waals surface area contributed by atoms with Crippen molar-refractivity contribution in [2.75, 3.05) is 5.73 Å². The van der Waals surface area contributed by atoms with Gasteiger partial charge in [0.25, 0.3) is 0 Å². The van der Waals surface area contributed by atoms with Gasteiger partial charge in [-0.1, -0.05) is 56.0 Å². The van der Waals surface area contributed by atoms with Crippen molar-refractivity contribution in [3.63, 3.8) is 0 Å². The Balaban J connectivity index is 1.60. The van der Waals surface area contributed by atoms with Crippen molar-refractivity contribution in [3.8, 4) is 5.75 Å². The number of benzene rings is 2. The Kier molecular flexibility index (Phi) is 7.01. The van der Waals surface area contributed by atoms with Gasteiger partial charge in [-0.05, 0) is 37.5 Å². The van der Waals surface area contributed by atoms with Crippen LogP contribution < -0.4 is 10.5 Å². The highest BCUT2D eigenvalue weighted by Gasteiger charge is 2.13. The lowest BCUT2D eigenvalue weighted by atomic mass is 10.1. The molecule has 2 aromatic carbocycles. The summed E-state index contributed by atoms with van der Waals surface area (Å²) < 4.78 is 5.65. The zero-order chi connectivity index (χ0) is 19.8. The molecule has 0 aliphatic heterocycles. The van der Waals surface area contributed by atoms with E-state index in [0.717, 1.165) is 42.1 Å². The monoisotopic (exact) mass is 376 g/mol. The normalized spacial score (nSPS) is 11.0. The zero-order valence-electron chi connectivity index (χ0n) is 16.3. The zero-order valence-corrected chi connectivity index (χ0v) is 16.3. The molecule has 0 bridgehead atoms. The lowest BCUT2D eigenvalue weighted by molar-refractivity contribution is -0.134. The first-order valence-electron chi connectivity index (χ1n) is 10.1. The minimum atomic E-state index is -0.216. The van der Waals surface area contributed by atoms with Crippen LogP contribution in [0.3, 0.4) is 0 Å². The fourth-order valence-corrected chi connectivity index (χ4v) is 3.47. The SMILES string of the molecule is C=CCCCCCCCCC(=O)Oc1cccc2nc3ccccc3c(N)c12. The molecule has 2 N–H and O–H groups in total. The Bertz CT molecular complexity index is 965. The first kappa shape index (κ1) is 19.9. The Morgan fingerprint density at radius 2 is 1.68 bits per heavy atom. The molecule has 0 amide bonds. The van der Waals surface area contributed by atoms with Crippen LogP contribution in [0.5, 0.6) is 5.75 Å². The molecule has 0 fully saturated rings. The minimum Gasteiger partial charge on any atom is -0.426 e. The summed E-state index contributed by atoms with van der Waals surface area (Å²) in [7, 11) is 0. The summed E-state index contributed by atoms with van der Waals surface area (Å²) in [5.74, 6) is 0.273. The van der Waals surface area contributed by atoms with Crippen LogP contribution in [0.1, 0.15) is 51.4 Å². The summed E-state index contributed by atoms with van der Waals surface area (Å²) in [4.78, 5) is 17.0. The van der Waals surface area contributed by atoms with Crippen LogP contribution in [0.15, 0.2) is 55.1 Å². The number of nitrogens with zero attached hydrogens (tertiary/aromatic N) is 1. The van der Waals surface area contributed by atoms with Gasteiger partial charge in [0.2, 0.25) is 0 Å². The van der Waals surface area contributed by atoms with E-state index in [1.165, 1.54) is 19.3 Å². The summed E-state index contributed by atoms with van der Waals surface area (Å²) in [5.41, 5.74) is 8.56. The summed E-state index contributed by atoms with van der Waals surface area (Å²) in [5, 5.41) is 1.58. The Morgan fingerprint density at radius 3 is 2.50 bits per heavy atom. The van der Waals surface area contributed by atoms with Gasteiger partial charge >= 0.3 is 5.97 Å². The Morgan fingerprint density at radius 1 is 0.964 bits per heavy atom. The fourth-order valence-electron chi connectivity index (χ4n) is 3.47. The molecule has 3 aromatic rings. The molecule has 28 heavy (non-hydrogen) atoms. The molecule has 4 nitrogen and oxygen atoms in total. The second kappa shape index (κ2) is 9.88. The third kappa shape index (κ3) is 4.89. The highest BCUT2D eigenvalue weighted by molar-refractivity contribution is 6.09. The molecule has 0 atom stereocenters. The van der Waals surface area contributed by atoms with Gasteiger partial charge in [-0.3, -0.25) is 4.79 Å². The number of allylic oxidation sites excluding steroid dienone is 1. The van der Waals surface area contributed by atoms with E-state index in [1.807, 2.05) is 42.5 Å². The molecule has 0 unspecified atom stereocenters. The maximum atomic E-state index is 12.3. The van der Waals surface area contributed by atoms with E-state index in [2.05, 4.69) is 11.6 Å². The molecule has 0 aliphatic rings. The van der Waals surface area contributed by atoms with Crippen LogP contribution in [0.4, 0.5) is 5.69 Å². The molecule has 0 radical (unpaired) electrons. The van der Waals surface area contributed by atoms with E-state index < -0.39 is 0 Å². The summed E-state index contributed by atoms with van der Waals surface area (Å²) >= 11 is 0. The number of unbranched alkanes of at least 4 members (excludes halogenated alkanes) is 6. The number of esters is 1. The van der Waals surface area contributed by atoms with Crippen molar-refractivity contribution in [1.29, 1.82) is 0 Å². The van der Waals surface area contributed by atoms with Crippen molar-refractivity contribution in [2.24, 2.45) is 0 Å². The van der Waals surface area contributed by atoms with Crippen LogP contribution in [-0.4, -0.2) is 11.0 Å². The molecule has 0 saturated heterocycles. The number of hydrogen-bond acceptors (Lipinski definition) is 4. The van der Waals surface area contributed by atoms with Gasteiger partial charge < -0.3 is 10.5 Å². The number of rotatable bonds is 10. The van der Waals surface area contributed by atoms with Crippen LogP contribution >= 0.6 is 0 Å². The van der Waals surface area contributed by atoms with Crippen molar-refractivity contribution in [2.45, 2.75) is 51.4 Å². The number of nitrogen functional groups attached to an aromatic ring is 1. The van der Waals surface area contributed by atoms with Crippen molar-refractivity contribution >= 4 is 33.5 Å². The average molecular weight is 377 g/mol. The molecule has 1 heterocycles. The largest absolute Gasteiger partial charge is 0.426 e. The van der Waals surface area contributed by atoms with Gasteiger partial charge in [-0.2, -0.15) is 0 Å².